The third-order valence-corrected chi connectivity index (χ3v) is 28.8. The summed E-state index contributed by atoms with van der Waals surface area (Å²) >= 11 is 0. The Bertz CT molecular complexity index is 9460. The van der Waals surface area contributed by atoms with Gasteiger partial charge in [0.2, 0.25) is 11.9 Å². The van der Waals surface area contributed by atoms with Gasteiger partial charge in [-0.25, -0.2) is 24.9 Å². The van der Waals surface area contributed by atoms with E-state index in [0.717, 1.165) is 99.2 Å². The van der Waals surface area contributed by atoms with E-state index >= 15 is 0 Å². The minimum absolute atomic E-state index is 0.195. The molecule has 26 aromatic rings. The third kappa shape index (κ3) is 10.1. The van der Waals surface area contributed by atoms with Gasteiger partial charge in [0.15, 0.2) is 0 Å². The van der Waals surface area contributed by atoms with E-state index in [-0.39, 0.29) is 16.2 Å². The summed E-state index contributed by atoms with van der Waals surface area (Å²) in [6.45, 7) is 14.0. The van der Waals surface area contributed by atoms with Crippen molar-refractivity contribution in [2.45, 2.75) is 57.8 Å². The lowest BCUT2D eigenvalue weighted by atomic mass is 9.81. The summed E-state index contributed by atoms with van der Waals surface area (Å²) in [7, 11) is 0. The Morgan fingerprint density at radius 2 is 0.615 bits per heavy atom. The van der Waals surface area contributed by atoms with Crippen LogP contribution in [0.1, 0.15) is 74.9 Å². The van der Waals surface area contributed by atoms with Crippen LogP contribution in [0.25, 0.3) is 236 Å². The molecule has 0 atom stereocenters. The smallest absolute Gasteiger partial charge is 0.235 e. The molecule has 610 valence electrons. The van der Waals surface area contributed by atoms with Crippen molar-refractivity contribution in [3.8, 4) is 62.4 Å². The second-order valence-electron chi connectivity index (χ2n) is 36.7. The van der Waals surface area contributed by atoms with Crippen LogP contribution in [0.4, 0.5) is 0 Å². The van der Waals surface area contributed by atoms with Crippen LogP contribution in [0.2, 0.25) is 0 Å². The number of benzene rings is 17. The molecule has 0 N–H and O–H groups in total. The van der Waals surface area contributed by atoms with Crippen molar-refractivity contribution >= 4 is 174 Å². The van der Waals surface area contributed by atoms with Crippen LogP contribution in [0.3, 0.4) is 0 Å². The van der Waals surface area contributed by atoms with E-state index in [4.69, 9.17) is 39.9 Å². The highest BCUT2D eigenvalue weighted by atomic mass is 15.2. The highest BCUT2D eigenvalue weighted by Gasteiger charge is 2.45. The van der Waals surface area contributed by atoms with Crippen molar-refractivity contribution in [2.75, 3.05) is 0 Å². The maximum Gasteiger partial charge on any atom is 0.235 e. The normalized spacial score (nSPS) is 13.8. The van der Waals surface area contributed by atoms with Crippen molar-refractivity contribution in [1.82, 2.24) is 53.6 Å². The maximum atomic E-state index is 5.50. The summed E-state index contributed by atoms with van der Waals surface area (Å²) in [5.41, 5.74) is 28.6. The Morgan fingerprint density at radius 3 is 1.12 bits per heavy atom. The fraction of sp³-hybridized carbons (Fsp3) is 0.0756. The van der Waals surface area contributed by atoms with Crippen LogP contribution >= 0.6 is 0 Å². The number of hydrogen-bond donors (Lipinski definition) is 0. The lowest BCUT2D eigenvalue weighted by molar-refractivity contribution is 0.665. The quantitative estimate of drug-likeness (QED) is 0.160. The predicted octanol–water partition coefficient (Wildman–Crippen LogP) is 29.6. The van der Waals surface area contributed by atoms with E-state index in [0.29, 0.717) is 11.9 Å². The Hall–Kier alpha value is -16.5. The Morgan fingerprint density at radius 1 is 0.238 bits per heavy atom. The van der Waals surface area contributed by atoms with Crippen molar-refractivity contribution in [3.05, 3.63) is 404 Å². The van der Waals surface area contributed by atoms with Crippen LogP contribution in [-0.4, -0.2) is 53.6 Å². The monoisotopic (exact) mass is 1660 g/mol. The molecular weight excluding hydrogens is 1580 g/mol. The Kier molecular flexibility index (Phi) is 15.5. The second-order valence-corrected chi connectivity index (χ2v) is 36.7. The number of hydrogen-bond acceptors (Lipinski definition) is 8. The highest BCUT2D eigenvalue weighted by molar-refractivity contribution is 6.31. The average molecular weight is 1660 g/mol. The van der Waals surface area contributed by atoms with Gasteiger partial charge in [-0.05, 0) is 142 Å². The predicted molar refractivity (Wildman–Crippen MR) is 538 cm³/mol. The minimum Gasteiger partial charge on any atom is -0.293 e. The van der Waals surface area contributed by atoms with E-state index in [9.17, 15) is 0 Å². The number of rotatable bonds is 4. The van der Waals surface area contributed by atoms with E-state index in [1.807, 2.05) is 30.9 Å². The maximum absolute atomic E-state index is 5.50. The van der Waals surface area contributed by atoms with Crippen molar-refractivity contribution in [2.24, 2.45) is 0 Å². The molecule has 0 saturated heterocycles. The zero-order valence-corrected chi connectivity index (χ0v) is 72.1. The molecule has 0 unspecified atom stereocenters. The summed E-state index contributed by atoms with van der Waals surface area (Å²) < 4.78 is 7.02. The lowest BCUT2D eigenvalue weighted by Crippen LogP contribution is -2.16. The number of para-hydroxylation sites is 3. The van der Waals surface area contributed by atoms with E-state index in [1.54, 1.807) is 0 Å². The topological polar surface area (TPSA) is 118 Å². The van der Waals surface area contributed by atoms with Crippen LogP contribution in [0.5, 0.6) is 0 Å². The molecule has 3 aliphatic carbocycles. The molecule has 0 amide bonds. The largest absolute Gasteiger partial charge is 0.293 e. The van der Waals surface area contributed by atoms with Gasteiger partial charge in [-0.1, -0.05) is 333 Å². The van der Waals surface area contributed by atoms with Gasteiger partial charge >= 0.3 is 0 Å². The standard InChI is InChI=1S/C42H28N4.C41H27N3.C36H24N4/c1-42(2)31-20-10-8-17-28(31)36-37(42)39-30(19-12-24-43-39)34-29-18-9-11-21-33(29)46(40(34)36)41-44-32-23-22-25-13-6-7-16-27(25)35(32)38(45-41)26-14-4-3-5-15-26;1-41(2)33-19-9-7-16-28(33)37-38(41)39-30(18-11-21-42-39)36-29-17-8-10-20-34(29)44(40(36)37)35-22-31-26-14-5-3-12-24(26)25-13-4-6-15-27(25)32(31)23-43-35;1-36(2)27-15-7-5-12-24(27)30-31(36)33-26(14-9-19-37-33)29-25-13-6-8-16-28(25)40(34(29)30)35-38-20-22-18-17-21-10-3-4-11-23(21)32(22)39-35/h3-24H,1-2H3;3-23H,1-2H3;3-20H,1-2H3. The molecule has 3 aliphatic rings. The fourth-order valence-corrected chi connectivity index (χ4v) is 23.4. The summed E-state index contributed by atoms with van der Waals surface area (Å²) in [4.78, 5) is 41.5. The molecule has 0 radical (unpaired) electrons. The Balaban J connectivity index is 0.000000101. The molecular formula is C119H79N11. The molecule has 0 aliphatic heterocycles. The first kappa shape index (κ1) is 73.8. The van der Waals surface area contributed by atoms with Gasteiger partial charge in [-0.3, -0.25) is 28.7 Å². The third-order valence-electron chi connectivity index (χ3n) is 28.8. The van der Waals surface area contributed by atoms with Gasteiger partial charge in [-0.2, -0.15) is 0 Å². The lowest BCUT2D eigenvalue weighted by Gasteiger charge is -2.23. The summed E-state index contributed by atoms with van der Waals surface area (Å²) in [5.74, 6) is 2.28. The van der Waals surface area contributed by atoms with Gasteiger partial charge < -0.3 is 0 Å². The highest BCUT2D eigenvalue weighted by Crippen LogP contribution is 2.60. The molecule has 9 aromatic heterocycles. The van der Waals surface area contributed by atoms with Crippen molar-refractivity contribution < 1.29 is 0 Å². The molecule has 0 saturated carbocycles. The molecule has 29 rings (SSSR count). The first-order valence-corrected chi connectivity index (χ1v) is 44.8. The summed E-state index contributed by atoms with van der Waals surface area (Å²) in [5, 5.41) is 24.9. The number of fused-ring (bicyclic) bond motifs is 42. The average Bonchev–Trinajstić information content (AvgIpc) is 1.53. The summed E-state index contributed by atoms with van der Waals surface area (Å²) in [6.07, 6.45) is 9.83. The molecule has 17 aromatic carbocycles. The molecule has 0 bridgehead atoms. The van der Waals surface area contributed by atoms with Crippen LogP contribution < -0.4 is 0 Å². The molecule has 9 heterocycles. The van der Waals surface area contributed by atoms with Crippen LogP contribution in [-0.2, 0) is 16.2 Å². The SMILES string of the molecule is CC1(C)c2ccccc2-c2c1c1ncccc1c1c3ccccc3n(-c3cc4c5ccccc5c5ccccc5c4cn3)c21.CC1(C)c2ccccc2-c2c1c1ncccc1c1c3ccccc3n(-c3nc(-c4ccccc4)c4c(ccc5ccccc54)n3)c21.CC1(C)c2ccccc2-c2c1c1ncccc1c1c3ccccc3n(-c3ncc4ccc5ccccc5c4n3)c21. The molecule has 0 fully saturated rings. The van der Waals surface area contributed by atoms with Crippen LogP contribution in [0.15, 0.2) is 371 Å². The first-order valence-electron chi connectivity index (χ1n) is 44.8. The summed E-state index contributed by atoms with van der Waals surface area (Å²) in [6, 6.07) is 121. The molecule has 11 heteroatoms. The zero-order chi connectivity index (χ0) is 86.3. The number of aromatic nitrogens is 11. The fourth-order valence-electron chi connectivity index (χ4n) is 23.4. The van der Waals surface area contributed by atoms with Gasteiger partial charge in [0.25, 0.3) is 0 Å². The minimum atomic E-state index is -0.230. The first-order chi connectivity index (χ1) is 63.9. The molecule has 130 heavy (non-hydrogen) atoms. The van der Waals surface area contributed by atoms with Crippen molar-refractivity contribution in [1.29, 1.82) is 0 Å². The van der Waals surface area contributed by atoms with E-state index in [2.05, 4.69) is 395 Å². The number of nitrogens with zero attached hydrogens (tertiary/aromatic N) is 11. The van der Waals surface area contributed by atoms with Gasteiger partial charge in [0, 0.05) is 140 Å². The van der Waals surface area contributed by atoms with Gasteiger partial charge in [0.05, 0.1) is 66.4 Å². The van der Waals surface area contributed by atoms with Gasteiger partial charge in [0.1, 0.15) is 5.82 Å². The molecule has 11 nitrogen and oxygen atoms in total. The zero-order valence-electron chi connectivity index (χ0n) is 72.1. The molecule has 0 spiro atoms. The van der Waals surface area contributed by atoms with Crippen molar-refractivity contribution in [3.63, 3.8) is 0 Å². The Labute approximate surface area is 746 Å². The van der Waals surface area contributed by atoms with E-state index < -0.39 is 0 Å². The van der Waals surface area contributed by atoms with E-state index in [1.165, 1.54) is 158 Å². The second kappa shape index (κ2) is 27.3. The van der Waals surface area contributed by atoms with Gasteiger partial charge in [-0.15, -0.1) is 0 Å². The number of pyridine rings is 4. The van der Waals surface area contributed by atoms with Crippen LogP contribution in [0, 0.1) is 0 Å².